The fourth-order valence-electron chi connectivity index (χ4n) is 2.44. The van der Waals surface area contributed by atoms with Gasteiger partial charge in [0.1, 0.15) is 0 Å². The van der Waals surface area contributed by atoms with Crippen molar-refractivity contribution in [2.45, 2.75) is 32.6 Å². The van der Waals surface area contributed by atoms with Gasteiger partial charge in [-0.2, -0.15) is 0 Å². The summed E-state index contributed by atoms with van der Waals surface area (Å²) in [6, 6.07) is 6.83. The average Bonchev–Trinajstić information content (AvgIpc) is 2.27. The van der Waals surface area contributed by atoms with Crippen LogP contribution in [-0.4, -0.2) is 35.1 Å². The van der Waals surface area contributed by atoms with Crippen LogP contribution in [0.4, 0.5) is 5.69 Å². The molecular weight excluding hydrogens is 232 g/mol. The van der Waals surface area contributed by atoms with Gasteiger partial charge in [-0.15, -0.1) is 0 Å². The van der Waals surface area contributed by atoms with Crippen LogP contribution in [0.2, 0.25) is 0 Å². The van der Waals surface area contributed by atoms with Gasteiger partial charge in [-0.25, -0.2) is 0 Å². The molecule has 0 amide bonds. The molecule has 2 atom stereocenters. The number of ether oxygens (including phenoxy) is 1. The molecule has 0 bridgehead atoms. The van der Waals surface area contributed by atoms with Gasteiger partial charge >= 0.3 is 0 Å². The Labute approximate surface area is 107 Å². The van der Waals surface area contributed by atoms with Crippen molar-refractivity contribution in [2.75, 3.05) is 13.1 Å². The number of nitro groups is 1. The first-order valence-electron chi connectivity index (χ1n) is 6.15. The molecule has 5 heteroatoms. The molecule has 1 aliphatic rings. The molecule has 2 rings (SSSR count). The van der Waals surface area contributed by atoms with Crippen LogP contribution in [0.15, 0.2) is 24.3 Å². The second-order valence-corrected chi connectivity index (χ2v) is 4.88. The van der Waals surface area contributed by atoms with Crippen LogP contribution in [0.3, 0.4) is 0 Å². The summed E-state index contributed by atoms with van der Waals surface area (Å²) in [5.74, 6) is 0. The van der Waals surface area contributed by atoms with Gasteiger partial charge in [-0.1, -0.05) is 12.1 Å². The minimum Gasteiger partial charge on any atom is -0.373 e. The van der Waals surface area contributed by atoms with E-state index in [0.717, 1.165) is 25.2 Å². The van der Waals surface area contributed by atoms with E-state index in [9.17, 15) is 10.1 Å². The van der Waals surface area contributed by atoms with Crippen molar-refractivity contribution < 1.29 is 9.66 Å². The van der Waals surface area contributed by atoms with Crippen LogP contribution in [0.25, 0.3) is 0 Å². The maximum atomic E-state index is 10.7. The Morgan fingerprint density at radius 2 is 2.06 bits per heavy atom. The standard InChI is InChI=1S/C13H18N2O3/c1-10-7-14(8-11(2)18-10)9-12-4-3-5-13(6-12)15(16)17/h3-6,10-11H,7-9H2,1-2H3/t10-,11+. The molecule has 1 saturated heterocycles. The van der Waals surface area contributed by atoms with E-state index in [1.807, 2.05) is 6.07 Å². The zero-order valence-corrected chi connectivity index (χ0v) is 10.7. The molecule has 0 N–H and O–H groups in total. The zero-order chi connectivity index (χ0) is 13.1. The number of rotatable bonds is 3. The Morgan fingerprint density at radius 3 is 2.67 bits per heavy atom. The molecule has 98 valence electrons. The van der Waals surface area contributed by atoms with Crippen LogP contribution in [0.1, 0.15) is 19.4 Å². The molecule has 1 heterocycles. The molecule has 18 heavy (non-hydrogen) atoms. The van der Waals surface area contributed by atoms with E-state index in [2.05, 4.69) is 18.7 Å². The highest BCUT2D eigenvalue weighted by molar-refractivity contribution is 5.34. The van der Waals surface area contributed by atoms with Crippen molar-refractivity contribution in [3.63, 3.8) is 0 Å². The molecule has 1 aromatic rings. The number of morpholine rings is 1. The van der Waals surface area contributed by atoms with Crippen molar-refractivity contribution in [3.8, 4) is 0 Å². The summed E-state index contributed by atoms with van der Waals surface area (Å²) in [6.07, 6.45) is 0.430. The van der Waals surface area contributed by atoms with Crippen LogP contribution >= 0.6 is 0 Å². The number of non-ortho nitro benzene ring substituents is 1. The molecular formula is C13H18N2O3. The minimum atomic E-state index is -0.353. The zero-order valence-electron chi connectivity index (χ0n) is 10.7. The fraction of sp³-hybridized carbons (Fsp3) is 0.538. The first-order chi connectivity index (χ1) is 8.54. The van der Waals surface area contributed by atoms with Crippen molar-refractivity contribution >= 4 is 5.69 Å². The summed E-state index contributed by atoms with van der Waals surface area (Å²) in [5.41, 5.74) is 1.13. The molecule has 0 aliphatic carbocycles. The molecule has 0 radical (unpaired) electrons. The number of hydrogen-bond acceptors (Lipinski definition) is 4. The van der Waals surface area contributed by atoms with E-state index in [-0.39, 0.29) is 22.8 Å². The van der Waals surface area contributed by atoms with Gasteiger partial charge in [-0.3, -0.25) is 15.0 Å². The first kappa shape index (κ1) is 13.0. The normalized spacial score (nSPS) is 25.0. The van der Waals surface area contributed by atoms with Crippen molar-refractivity contribution in [1.29, 1.82) is 0 Å². The summed E-state index contributed by atoms with van der Waals surface area (Å²) < 4.78 is 5.67. The van der Waals surface area contributed by atoms with Crippen molar-refractivity contribution in [1.82, 2.24) is 4.90 Å². The lowest BCUT2D eigenvalue weighted by molar-refractivity contribution is -0.384. The van der Waals surface area contributed by atoms with Gasteiger partial charge in [0.25, 0.3) is 5.69 Å². The summed E-state index contributed by atoms with van der Waals surface area (Å²) in [7, 11) is 0. The van der Waals surface area contributed by atoms with Crippen LogP contribution in [0.5, 0.6) is 0 Å². The van der Waals surface area contributed by atoms with Crippen LogP contribution in [-0.2, 0) is 11.3 Å². The van der Waals surface area contributed by atoms with Crippen LogP contribution in [0, 0.1) is 10.1 Å². The maximum absolute atomic E-state index is 10.7. The molecule has 0 spiro atoms. The van der Waals surface area contributed by atoms with E-state index in [0.29, 0.717) is 0 Å². The van der Waals surface area contributed by atoms with Gasteiger partial charge < -0.3 is 4.74 Å². The Bertz CT molecular complexity index is 426. The van der Waals surface area contributed by atoms with E-state index in [1.54, 1.807) is 12.1 Å². The topological polar surface area (TPSA) is 55.6 Å². The number of nitro benzene ring substituents is 1. The average molecular weight is 250 g/mol. The predicted octanol–water partition coefficient (Wildman–Crippen LogP) is 2.20. The molecule has 1 fully saturated rings. The Hall–Kier alpha value is -1.46. The smallest absolute Gasteiger partial charge is 0.269 e. The highest BCUT2D eigenvalue weighted by atomic mass is 16.6. The lowest BCUT2D eigenvalue weighted by Crippen LogP contribution is -2.44. The fourth-order valence-corrected chi connectivity index (χ4v) is 2.44. The monoisotopic (exact) mass is 250 g/mol. The first-order valence-corrected chi connectivity index (χ1v) is 6.15. The Balaban J connectivity index is 2.04. The lowest BCUT2D eigenvalue weighted by Gasteiger charge is -2.35. The summed E-state index contributed by atoms with van der Waals surface area (Å²) in [6.45, 7) is 6.58. The molecule has 0 aromatic heterocycles. The van der Waals surface area contributed by atoms with Crippen LogP contribution < -0.4 is 0 Å². The maximum Gasteiger partial charge on any atom is 0.269 e. The summed E-state index contributed by atoms with van der Waals surface area (Å²) in [4.78, 5) is 12.6. The van der Waals surface area contributed by atoms with E-state index >= 15 is 0 Å². The minimum absolute atomic E-state index is 0.154. The molecule has 1 aliphatic heterocycles. The van der Waals surface area contributed by atoms with E-state index < -0.39 is 0 Å². The van der Waals surface area contributed by atoms with E-state index in [1.165, 1.54) is 6.07 Å². The van der Waals surface area contributed by atoms with Gasteiger partial charge in [0.2, 0.25) is 0 Å². The molecule has 5 nitrogen and oxygen atoms in total. The highest BCUT2D eigenvalue weighted by Gasteiger charge is 2.22. The molecule has 0 saturated carbocycles. The predicted molar refractivity (Wildman–Crippen MR) is 68.4 cm³/mol. The molecule has 0 unspecified atom stereocenters. The number of hydrogen-bond donors (Lipinski definition) is 0. The second-order valence-electron chi connectivity index (χ2n) is 4.88. The van der Waals surface area contributed by atoms with Gasteiger partial charge in [0, 0.05) is 31.8 Å². The van der Waals surface area contributed by atoms with E-state index in [4.69, 9.17) is 4.74 Å². The SMILES string of the molecule is C[C@@H]1CN(Cc2cccc([N+](=O)[O-])c2)C[C@H](C)O1. The Kier molecular flexibility index (Phi) is 3.93. The third-order valence-electron chi connectivity index (χ3n) is 3.02. The van der Waals surface area contributed by atoms with Gasteiger partial charge in [0.05, 0.1) is 17.1 Å². The largest absolute Gasteiger partial charge is 0.373 e. The number of nitrogens with zero attached hydrogens (tertiary/aromatic N) is 2. The Morgan fingerprint density at radius 1 is 1.39 bits per heavy atom. The number of benzene rings is 1. The second kappa shape index (κ2) is 5.46. The highest BCUT2D eigenvalue weighted by Crippen LogP contribution is 2.17. The quantitative estimate of drug-likeness (QED) is 0.609. The van der Waals surface area contributed by atoms with Gasteiger partial charge in [-0.05, 0) is 19.4 Å². The van der Waals surface area contributed by atoms with Crippen molar-refractivity contribution in [3.05, 3.63) is 39.9 Å². The summed E-state index contributed by atoms with van der Waals surface area (Å²) in [5, 5.41) is 10.7. The third kappa shape index (κ3) is 3.27. The van der Waals surface area contributed by atoms with Gasteiger partial charge in [0.15, 0.2) is 0 Å². The van der Waals surface area contributed by atoms with Crippen molar-refractivity contribution in [2.24, 2.45) is 0 Å². The third-order valence-corrected chi connectivity index (χ3v) is 3.02. The summed E-state index contributed by atoms with van der Waals surface area (Å²) >= 11 is 0. The lowest BCUT2D eigenvalue weighted by atomic mass is 10.1. The molecule has 1 aromatic carbocycles.